The fourth-order valence-corrected chi connectivity index (χ4v) is 1.80. The van der Waals surface area contributed by atoms with E-state index in [9.17, 15) is 8.76 Å². The molecule has 0 radical (unpaired) electrons. The van der Waals surface area contributed by atoms with Gasteiger partial charge in [-0.05, 0) is 18.0 Å². The number of hydrogen-bond acceptors (Lipinski definition) is 3. The van der Waals surface area contributed by atoms with Crippen LogP contribution in [0, 0.1) is 0 Å². The molecule has 5 heteroatoms. The van der Waals surface area contributed by atoms with Crippen LogP contribution >= 0.6 is 0 Å². The molecule has 0 bridgehead atoms. The first kappa shape index (κ1) is 10.9. The summed E-state index contributed by atoms with van der Waals surface area (Å²) in [4.78, 5) is 0.138. The van der Waals surface area contributed by atoms with E-state index < -0.39 is 9.80 Å². The molecule has 0 aromatic heterocycles. The largest absolute Gasteiger partial charge is 0.497 e. The monoisotopic (exact) mass is 216 g/mol. The lowest BCUT2D eigenvalue weighted by atomic mass is 10.3. The Kier molecular flexibility index (Phi) is 3.03. The molecule has 1 aromatic rings. The van der Waals surface area contributed by atoms with E-state index in [1.54, 1.807) is 12.1 Å². The van der Waals surface area contributed by atoms with Gasteiger partial charge in [0, 0.05) is 6.07 Å². The molecule has 1 atom stereocenters. The van der Waals surface area contributed by atoms with Crippen molar-refractivity contribution < 1.29 is 18.2 Å². The minimum absolute atomic E-state index is 0.138. The van der Waals surface area contributed by atoms with Gasteiger partial charge in [0.15, 0.2) is 0 Å². The number of hydrogen-bond donors (Lipinski definition) is 1. The van der Waals surface area contributed by atoms with Crippen LogP contribution in [0.2, 0.25) is 0 Å². The van der Waals surface area contributed by atoms with Gasteiger partial charge >= 0.3 is 0 Å². The first-order valence-corrected chi connectivity index (χ1v) is 5.49. The van der Waals surface area contributed by atoms with Crippen molar-refractivity contribution >= 4 is 15.7 Å². The third-order valence-electron chi connectivity index (χ3n) is 1.71. The second kappa shape index (κ2) is 3.89. The topological polar surface area (TPSA) is 55.8 Å². The van der Waals surface area contributed by atoms with Gasteiger partial charge in [-0.3, -0.25) is 0 Å². The van der Waals surface area contributed by atoms with E-state index in [1.165, 1.54) is 20.3 Å². The van der Waals surface area contributed by atoms with E-state index in [2.05, 4.69) is 5.87 Å². The standard InChI is InChI=1S/C9H12O4S/c1-12-7-4-5-8(13-2)9(6-7)14(3,10)11/h4-6H,3H2,1-2H3,(H,10,11). The molecule has 0 heterocycles. The van der Waals surface area contributed by atoms with Crippen molar-refractivity contribution in [3.05, 3.63) is 18.2 Å². The molecule has 0 aliphatic rings. The predicted octanol–water partition coefficient (Wildman–Crippen LogP) is 1.25. The highest BCUT2D eigenvalue weighted by molar-refractivity contribution is 7.95. The van der Waals surface area contributed by atoms with Crippen LogP contribution in [0.15, 0.2) is 23.1 Å². The van der Waals surface area contributed by atoms with E-state index in [0.29, 0.717) is 11.5 Å². The Morgan fingerprint density at radius 3 is 2.43 bits per heavy atom. The lowest BCUT2D eigenvalue weighted by molar-refractivity contribution is 0.391. The highest BCUT2D eigenvalue weighted by Gasteiger charge is 2.11. The van der Waals surface area contributed by atoms with Crippen LogP contribution in [0.25, 0.3) is 0 Å². The van der Waals surface area contributed by atoms with E-state index in [4.69, 9.17) is 9.47 Å². The Morgan fingerprint density at radius 1 is 1.36 bits per heavy atom. The van der Waals surface area contributed by atoms with E-state index in [-0.39, 0.29) is 4.90 Å². The normalized spacial score (nSPS) is 14.5. The van der Waals surface area contributed by atoms with E-state index in [1.807, 2.05) is 0 Å². The maximum atomic E-state index is 11.3. The summed E-state index contributed by atoms with van der Waals surface area (Å²) in [5.74, 6) is 3.99. The molecule has 0 spiro atoms. The van der Waals surface area contributed by atoms with Crippen LogP contribution in [0.1, 0.15) is 0 Å². The summed E-state index contributed by atoms with van der Waals surface area (Å²) >= 11 is 0. The minimum atomic E-state index is -3.28. The van der Waals surface area contributed by atoms with E-state index >= 15 is 0 Å². The molecule has 1 rings (SSSR count). The van der Waals surface area contributed by atoms with Gasteiger partial charge in [0.05, 0.1) is 14.2 Å². The number of rotatable bonds is 3. The summed E-state index contributed by atoms with van der Waals surface area (Å²) < 4.78 is 30.5. The van der Waals surface area contributed by atoms with Crippen LogP contribution in [-0.2, 0) is 9.80 Å². The smallest absolute Gasteiger partial charge is 0.136 e. The summed E-state index contributed by atoms with van der Waals surface area (Å²) in [5, 5.41) is 0. The van der Waals surface area contributed by atoms with Crippen LogP contribution in [-0.4, -0.2) is 28.9 Å². The van der Waals surface area contributed by atoms with Gasteiger partial charge in [-0.1, -0.05) is 0 Å². The lowest BCUT2D eigenvalue weighted by Gasteiger charge is -2.09. The van der Waals surface area contributed by atoms with Crippen LogP contribution in [0.4, 0.5) is 0 Å². The molecule has 0 saturated carbocycles. The zero-order valence-electron chi connectivity index (χ0n) is 8.02. The van der Waals surface area contributed by atoms with Crippen molar-refractivity contribution in [3.63, 3.8) is 0 Å². The van der Waals surface area contributed by atoms with Gasteiger partial charge in [-0.2, -0.15) is 0 Å². The summed E-state index contributed by atoms with van der Waals surface area (Å²) in [6, 6.07) is 4.65. The number of methoxy groups -OCH3 is 2. The van der Waals surface area contributed by atoms with Gasteiger partial charge in [-0.25, -0.2) is 4.21 Å². The van der Waals surface area contributed by atoms with Crippen molar-refractivity contribution in [2.24, 2.45) is 0 Å². The quantitative estimate of drug-likeness (QED) is 0.773. The Labute approximate surface area is 83.3 Å². The molecule has 4 nitrogen and oxygen atoms in total. The minimum Gasteiger partial charge on any atom is -0.497 e. The summed E-state index contributed by atoms with van der Waals surface area (Å²) in [7, 11) is -0.376. The molecule has 0 fully saturated rings. The fourth-order valence-electron chi connectivity index (χ4n) is 1.03. The van der Waals surface area contributed by atoms with Gasteiger partial charge in [0.1, 0.15) is 26.2 Å². The number of benzene rings is 1. The van der Waals surface area contributed by atoms with E-state index in [0.717, 1.165) is 0 Å². The zero-order valence-corrected chi connectivity index (χ0v) is 8.84. The van der Waals surface area contributed by atoms with Gasteiger partial charge in [0.2, 0.25) is 0 Å². The van der Waals surface area contributed by atoms with Crippen LogP contribution in [0.5, 0.6) is 11.5 Å². The van der Waals surface area contributed by atoms with Crippen molar-refractivity contribution in [1.82, 2.24) is 0 Å². The third kappa shape index (κ3) is 2.18. The van der Waals surface area contributed by atoms with Gasteiger partial charge in [-0.15, -0.1) is 0 Å². The molecular formula is C9H12O4S. The molecule has 1 aromatic carbocycles. The summed E-state index contributed by atoms with van der Waals surface area (Å²) in [6.45, 7) is 0. The summed E-state index contributed by atoms with van der Waals surface area (Å²) in [5.41, 5.74) is 0. The molecule has 1 unspecified atom stereocenters. The molecule has 0 saturated heterocycles. The maximum Gasteiger partial charge on any atom is 0.136 e. The first-order chi connectivity index (χ1) is 6.49. The first-order valence-electron chi connectivity index (χ1n) is 3.80. The Hall–Kier alpha value is -1.20. The highest BCUT2D eigenvalue weighted by Crippen LogP contribution is 2.27. The average Bonchev–Trinajstić information content (AvgIpc) is 2.15. The van der Waals surface area contributed by atoms with Crippen LogP contribution < -0.4 is 9.47 Å². The van der Waals surface area contributed by atoms with Crippen molar-refractivity contribution in [3.8, 4) is 11.5 Å². The lowest BCUT2D eigenvalue weighted by Crippen LogP contribution is -2.01. The van der Waals surface area contributed by atoms with Crippen LogP contribution in [0.3, 0.4) is 0 Å². The molecule has 0 aliphatic carbocycles. The van der Waals surface area contributed by atoms with Crippen molar-refractivity contribution in [2.75, 3.05) is 14.2 Å². The second-order valence-corrected chi connectivity index (χ2v) is 4.38. The predicted molar refractivity (Wildman–Crippen MR) is 55.7 cm³/mol. The van der Waals surface area contributed by atoms with Crippen molar-refractivity contribution in [1.29, 1.82) is 0 Å². The Balaban J connectivity index is 3.37. The number of ether oxygens (including phenoxy) is 2. The molecule has 0 aliphatic heterocycles. The Bertz CT molecular complexity index is 422. The molecule has 78 valence electrons. The molecule has 14 heavy (non-hydrogen) atoms. The SMILES string of the molecule is C=S(=O)(O)c1cc(OC)ccc1OC. The fraction of sp³-hybridized carbons (Fsp3) is 0.222. The summed E-state index contributed by atoms with van der Waals surface area (Å²) in [6.07, 6.45) is 0. The third-order valence-corrected chi connectivity index (χ3v) is 2.72. The molecule has 0 amide bonds. The zero-order chi connectivity index (χ0) is 10.8. The van der Waals surface area contributed by atoms with Gasteiger partial charge < -0.3 is 14.0 Å². The van der Waals surface area contributed by atoms with Crippen molar-refractivity contribution in [2.45, 2.75) is 4.90 Å². The Morgan fingerprint density at radius 2 is 2.00 bits per heavy atom. The van der Waals surface area contributed by atoms with Gasteiger partial charge in [0.25, 0.3) is 0 Å². The molecule has 1 N–H and O–H groups in total. The average molecular weight is 216 g/mol. The molecular weight excluding hydrogens is 204 g/mol. The second-order valence-electron chi connectivity index (χ2n) is 2.66. The maximum absolute atomic E-state index is 11.3. The highest BCUT2D eigenvalue weighted by atomic mass is 32.2.